The molecule has 0 atom stereocenters. The molecule has 0 aromatic heterocycles. The normalized spacial score (nSPS) is 24.2. The predicted octanol–water partition coefficient (Wildman–Crippen LogP) is 0.480. The van der Waals surface area contributed by atoms with E-state index in [2.05, 4.69) is 0 Å². The number of carbonyl (C=O) groups is 2. The minimum atomic E-state index is -0.355. The topological polar surface area (TPSA) is 46.6 Å². The summed E-state index contributed by atoms with van der Waals surface area (Å²) in [5.74, 6) is -0.404. The lowest BCUT2D eigenvalue weighted by molar-refractivity contribution is -0.151. The first-order valence-corrected chi connectivity index (χ1v) is 4.75. The van der Waals surface area contributed by atoms with Crippen LogP contribution in [0.15, 0.2) is 12.2 Å². The molecule has 0 bridgehead atoms. The second-order valence-corrected chi connectivity index (χ2v) is 3.86. The molecule has 0 spiro atoms. The molecule has 0 aromatic rings. The van der Waals surface area contributed by atoms with E-state index in [-0.39, 0.29) is 17.4 Å². The molecule has 1 saturated carbocycles. The third-order valence-corrected chi connectivity index (χ3v) is 2.98. The Morgan fingerprint density at radius 1 is 1.36 bits per heavy atom. The maximum Gasteiger partial charge on any atom is 0.254 e. The van der Waals surface area contributed by atoms with Gasteiger partial charge in [-0.2, -0.15) is 0 Å². The summed E-state index contributed by atoms with van der Waals surface area (Å²) in [5, 5.41) is 0. The van der Waals surface area contributed by atoms with Crippen LogP contribution in [0.25, 0.3) is 0 Å². The van der Waals surface area contributed by atoms with Crippen molar-refractivity contribution in [2.75, 3.05) is 13.7 Å². The zero-order valence-corrected chi connectivity index (χ0v) is 8.16. The van der Waals surface area contributed by atoms with Gasteiger partial charge in [-0.05, 0) is 19.3 Å². The fourth-order valence-corrected chi connectivity index (χ4v) is 2.15. The van der Waals surface area contributed by atoms with Gasteiger partial charge in [0.15, 0.2) is 0 Å². The number of hydrogen-bond acceptors (Lipinski definition) is 3. The molecule has 0 N–H and O–H groups in total. The summed E-state index contributed by atoms with van der Waals surface area (Å²) in [7, 11) is 1.60. The van der Waals surface area contributed by atoms with Gasteiger partial charge in [0.1, 0.15) is 0 Å². The average molecular weight is 195 g/mol. The molecule has 1 aliphatic carbocycles. The van der Waals surface area contributed by atoms with E-state index in [1.165, 1.54) is 17.1 Å². The number of methoxy groups -OCH3 is 1. The molecule has 2 aliphatic rings. The molecule has 14 heavy (non-hydrogen) atoms. The van der Waals surface area contributed by atoms with Crippen molar-refractivity contribution in [2.45, 2.75) is 24.8 Å². The highest BCUT2D eigenvalue weighted by molar-refractivity contribution is 6.13. The molecule has 0 unspecified atom stereocenters. The summed E-state index contributed by atoms with van der Waals surface area (Å²) in [6.07, 6.45) is 5.44. The van der Waals surface area contributed by atoms with Crippen LogP contribution in [0.1, 0.15) is 19.3 Å². The fraction of sp³-hybridized carbons (Fsp3) is 0.600. The van der Waals surface area contributed by atoms with E-state index < -0.39 is 0 Å². The van der Waals surface area contributed by atoms with Crippen molar-refractivity contribution in [3.8, 4) is 0 Å². The van der Waals surface area contributed by atoms with Crippen LogP contribution in [0, 0.1) is 0 Å². The van der Waals surface area contributed by atoms with Crippen LogP contribution < -0.4 is 0 Å². The average Bonchev–Trinajstić information content (AvgIpc) is 2.41. The van der Waals surface area contributed by atoms with E-state index in [1.54, 1.807) is 7.11 Å². The van der Waals surface area contributed by atoms with Crippen LogP contribution in [0.2, 0.25) is 0 Å². The summed E-state index contributed by atoms with van der Waals surface area (Å²) in [6.45, 7) is 0.451. The van der Waals surface area contributed by atoms with Crippen LogP contribution >= 0.6 is 0 Å². The number of nitrogens with zero attached hydrogens (tertiary/aromatic N) is 1. The van der Waals surface area contributed by atoms with E-state index in [0.29, 0.717) is 6.61 Å². The molecule has 1 aliphatic heterocycles. The number of imide groups is 1. The Morgan fingerprint density at radius 3 is 2.29 bits per heavy atom. The zero-order valence-electron chi connectivity index (χ0n) is 8.16. The van der Waals surface area contributed by atoms with Crippen LogP contribution in [-0.4, -0.2) is 36.0 Å². The Kier molecular flexibility index (Phi) is 2.15. The smallest absolute Gasteiger partial charge is 0.254 e. The molecule has 4 nitrogen and oxygen atoms in total. The van der Waals surface area contributed by atoms with Gasteiger partial charge in [-0.15, -0.1) is 0 Å². The van der Waals surface area contributed by atoms with Gasteiger partial charge in [0.25, 0.3) is 11.8 Å². The minimum absolute atomic E-state index is 0.202. The maximum atomic E-state index is 11.5. The molecule has 1 fully saturated rings. The fourth-order valence-electron chi connectivity index (χ4n) is 2.15. The molecular weight excluding hydrogens is 182 g/mol. The van der Waals surface area contributed by atoms with Crippen molar-refractivity contribution in [3.05, 3.63) is 12.2 Å². The van der Waals surface area contributed by atoms with Crippen molar-refractivity contribution in [3.63, 3.8) is 0 Å². The molecule has 1 heterocycles. The second kappa shape index (κ2) is 3.20. The van der Waals surface area contributed by atoms with Crippen molar-refractivity contribution in [1.29, 1.82) is 0 Å². The highest BCUT2D eigenvalue weighted by Gasteiger charge is 2.48. The lowest BCUT2D eigenvalue weighted by Crippen LogP contribution is -2.59. The molecule has 0 saturated heterocycles. The number of ether oxygens (including phenoxy) is 1. The van der Waals surface area contributed by atoms with Crippen molar-refractivity contribution < 1.29 is 14.3 Å². The summed E-state index contributed by atoms with van der Waals surface area (Å²) in [6, 6.07) is 0. The van der Waals surface area contributed by atoms with Gasteiger partial charge in [0.2, 0.25) is 0 Å². The number of carbonyl (C=O) groups excluding carboxylic acids is 2. The highest BCUT2D eigenvalue weighted by Crippen LogP contribution is 2.39. The Morgan fingerprint density at radius 2 is 1.93 bits per heavy atom. The SMILES string of the molecule is COCC1(N2C(=O)C=CC2=O)CCC1. The van der Waals surface area contributed by atoms with Gasteiger partial charge in [-0.1, -0.05) is 0 Å². The molecule has 2 rings (SSSR count). The summed E-state index contributed by atoms with van der Waals surface area (Å²) >= 11 is 0. The minimum Gasteiger partial charge on any atom is -0.382 e. The molecule has 4 heteroatoms. The highest BCUT2D eigenvalue weighted by atomic mass is 16.5. The first-order chi connectivity index (χ1) is 6.69. The van der Waals surface area contributed by atoms with Crippen LogP contribution in [0.3, 0.4) is 0 Å². The summed E-state index contributed by atoms with van der Waals surface area (Å²) < 4.78 is 5.08. The van der Waals surface area contributed by atoms with E-state index in [1.807, 2.05) is 0 Å². The van der Waals surface area contributed by atoms with Gasteiger partial charge in [-0.25, -0.2) is 0 Å². The van der Waals surface area contributed by atoms with E-state index in [9.17, 15) is 9.59 Å². The lowest BCUT2D eigenvalue weighted by Gasteiger charge is -2.46. The van der Waals surface area contributed by atoms with Gasteiger partial charge in [0, 0.05) is 19.3 Å². The van der Waals surface area contributed by atoms with Crippen molar-refractivity contribution in [2.24, 2.45) is 0 Å². The number of amides is 2. The van der Waals surface area contributed by atoms with E-state index >= 15 is 0 Å². The van der Waals surface area contributed by atoms with Gasteiger partial charge in [-0.3, -0.25) is 14.5 Å². The number of rotatable bonds is 3. The van der Waals surface area contributed by atoms with Crippen LogP contribution in [-0.2, 0) is 14.3 Å². The Hall–Kier alpha value is -1.16. The summed E-state index contributed by atoms with van der Waals surface area (Å²) in [4.78, 5) is 24.3. The van der Waals surface area contributed by atoms with Crippen LogP contribution in [0.5, 0.6) is 0 Å². The van der Waals surface area contributed by atoms with E-state index in [4.69, 9.17) is 4.74 Å². The third-order valence-electron chi connectivity index (χ3n) is 2.98. The second-order valence-electron chi connectivity index (χ2n) is 3.86. The van der Waals surface area contributed by atoms with Crippen molar-refractivity contribution in [1.82, 2.24) is 4.90 Å². The third kappa shape index (κ3) is 1.18. The Bertz CT molecular complexity index is 286. The lowest BCUT2D eigenvalue weighted by atomic mass is 9.76. The van der Waals surface area contributed by atoms with Crippen molar-refractivity contribution >= 4 is 11.8 Å². The molecular formula is C10H13NO3. The van der Waals surface area contributed by atoms with Gasteiger partial charge >= 0.3 is 0 Å². The molecule has 0 radical (unpaired) electrons. The molecule has 2 amide bonds. The predicted molar refractivity (Wildman–Crippen MR) is 49.5 cm³/mol. The molecule has 0 aromatic carbocycles. The summed E-state index contributed by atoms with van der Waals surface area (Å²) in [5.41, 5.74) is -0.355. The molecule has 76 valence electrons. The Labute approximate surface area is 82.5 Å². The quantitative estimate of drug-likeness (QED) is 0.615. The first kappa shape index (κ1) is 9.40. The number of hydrogen-bond donors (Lipinski definition) is 0. The first-order valence-electron chi connectivity index (χ1n) is 4.75. The largest absolute Gasteiger partial charge is 0.382 e. The monoisotopic (exact) mass is 195 g/mol. The standard InChI is InChI=1S/C10H13NO3/c1-14-7-10(5-2-6-10)11-8(12)3-4-9(11)13/h3-4H,2,5-7H2,1H3. The maximum absolute atomic E-state index is 11.5. The van der Waals surface area contributed by atoms with Crippen LogP contribution in [0.4, 0.5) is 0 Å². The van der Waals surface area contributed by atoms with Gasteiger partial charge < -0.3 is 4.74 Å². The van der Waals surface area contributed by atoms with Gasteiger partial charge in [0.05, 0.1) is 12.1 Å². The zero-order chi connectivity index (χ0) is 10.2. The van der Waals surface area contributed by atoms with E-state index in [0.717, 1.165) is 19.3 Å². The Balaban J connectivity index is 2.20.